The molecule has 1 amide bonds. The molecule has 0 fully saturated rings. The molecule has 22 heavy (non-hydrogen) atoms. The molecule has 0 saturated heterocycles. The molecular formula is C15H12ClN5O. The van der Waals surface area contributed by atoms with Gasteiger partial charge in [-0.3, -0.25) is 4.79 Å². The van der Waals surface area contributed by atoms with Crippen molar-refractivity contribution < 1.29 is 4.79 Å². The highest BCUT2D eigenvalue weighted by atomic mass is 35.5. The maximum Gasteiger partial charge on any atom is 0.248 e. The van der Waals surface area contributed by atoms with Crippen molar-refractivity contribution >= 4 is 23.2 Å². The van der Waals surface area contributed by atoms with Crippen LogP contribution in [0.5, 0.6) is 0 Å². The fourth-order valence-corrected chi connectivity index (χ4v) is 2.00. The van der Waals surface area contributed by atoms with E-state index in [-0.39, 0.29) is 12.5 Å². The molecule has 2 aromatic carbocycles. The van der Waals surface area contributed by atoms with Crippen LogP contribution in [0.1, 0.15) is 0 Å². The Kier molecular flexibility index (Phi) is 4.11. The zero-order chi connectivity index (χ0) is 15.4. The van der Waals surface area contributed by atoms with Gasteiger partial charge in [0, 0.05) is 16.3 Å². The molecule has 3 aromatic rings. The van der Waals surface area contributed by atoms with Crippen LogP contribution in [0.25, 0.3) is 11.4 Å². The second-order valence-corrected chi connectivity index (χ2v) is 5.00. The molecule has 6 nitrogen and oxygen atoms in total. The summed E-state index contributed by atoms with van der Waals surface area (Å²) in [5, 5.41) is 15.4. The van der Waals surface area contributed by atoms with Crippen molar-refractivity contribution in [1.29, 1.82) is 0 Å². The second-order valence-electron chi connectivity index (χ2n) is 4.56. The monoisotopic (exact) mass is 313 g/mol. The van der Waals surface area contributed by atoms with Crippen LogP contribution in [0.2, 0.25) is 5.02 Å². The summed E-state index contributed by atoms with van der Waals surface area (Å²) in [7, 11) is 0. The number of amides is 1. The molecule has 7 heteroatoms. The van der Waals surface area contributed by atoms with Crippen LogP contribution in [0.15, 0.2) is 54.6 Å². The third-order valence-corrected chi connectivity index (χ3v) is 3.15. The molecule has 0 aliphatic heterocycles. The average Bonchev–Trinajstić information content (AvgIpc) is 2.97. The van der Waals surface area contributed by atoms with Crippen molar-refractivity contribution in [1.82, 2.24) is 20.2 Å². The normalized spacial score (nSPS) is 10.4. The number of halogens is 1. The van der Waals surface area contributed by atoms with Crippen LogP contribution in [-0.2, 0) is 11.3 Å². The fourth-order valence-electron chi connectivity index (χ4n) is 1.88. The molecule has 0 saturated carbocycles. The molecular weight excluding hydrogens is 302 g/mol. The molecule has 1 N–H and O–H groups in total. The summed E-state index contributed by atoms with van der Waals surface area (Å²) >= 11 is 5.84. The predicted molar refractivity (Wildman–Crippen MR) is 83.3 cm³/mol. The molecule has 0 radical (unpaired) electrons. The molecule has 0 spiro atoms. The number of carbonyl (C=O) groups excluding carboxylic acids is 1. The standard InChI is InChI=1S/C15H12ClN5O/c16-12-8-6-11(7-9-12)15-18-20-21(19-15)10-14(22)17-13-4-2-1-3-5-13/h1-9H,10H2,(H,17,22). The van der Waals surface area contributed by atoms with Crippen LogP contribution in [0.4, 0.5) is 5.69 Å². The Morgan fingerprint density at radius 3 is 2.55 bits per heavy atom. The van der Waals surface area contributed by atoms with Gasteiger partial charge in [0.25, 0.3) is 0 Å². The maximum absolute atomic E-state index is 11.9. The lowest BCUT2D eigenvalue weighted by Gasteiger charge is -2.03. The van der Waals surface area contributed by atoms with E-state index in [0.717, 1.165) is 11.3 Å². The predicted octanol–water partition coefficient (Wildman–Crippen LogP) is 2.63. The van der Waals surface area contributed by atoms with Gasteiger partial charge in [-0.05, 0) is 41.6 Å². The van der Waals surface area contributed by atoms with Gasteiger partial charge in [0.2, 0.25) is 11.7 Å². The summed E-state index contributed by atoms with van der Waals surface area (Å²) in [5.74, 6) is 0.232. The first kappa shape index (κ1) is 14.2. The highest BCUT2D eigenvalue weighted by Gasteiger charge is 2.09. The van der Waals surface area contributed by atoms with Crippen LogP contribution in [0, 0.1) is 0 Å². The number of carbonyl (C=O) groups is 1. The number of benzene rings is 2. The van der Waals surface area contributed by atoms with Gasteiger partial charge in [0.15, 0.2) is 0 Å². The molecule has 0 unspecified atom stereocenters. The van der Waals surface area contributed by atoms with Crippen LogP contribution in [0.3, 0.4) is 0 Å². The van der Waals surface area contributed by atoms with E-state index in [2.05, 4.69) is 20.7 Å². The Morgan fingerprint density at radius 1 is 1.09 bits per heavy atom. The average molecular weight is 314 g/mol. The lowest BCUT2D eigenvalue weighted by molar-refractivity contribution is -0.117. The smallest absolute Gasteiger partial charge is 0.248 e. The van der Waals surface area contributed by atoms with E-state index in [4.69, 9.17) is 11.6 Å². The van der Waals surface area contributed by atoms with Crippen molar-refractivity contribution in [3.8, 4) is 11.4 Å². The van der Waals surface area contributed by atoms with Crippen LogP contribution in [-0.4, -0.2) is 26.1 Å². The molecule has 0 atom stereocenters. The Bertz CT molecular complexity index is 770. The molecule has 1 heterocycles. The summed E-state index contributed by atoms with van der Waals surface area (Å²) in [6, 6.07) is 16.3. The lowest BCUT2D eigenvalue weighted by Crippen LogP contribution is -2.20. The number of hydrogen-bond acceptors (Lipinski definition) is 4. The number of para-hydroxylation sites is 1. The van der Waals surface area contributed by atoms with Gasteiger partial charge in [0.1, 0.15) is 6.54 Å². The van der Waals surface area contributed by atoms with Gasteiger partial charge >= 0.3 is 0 Å². The summed E-state index contributed by atoms with van der Waals surface area (Å²) in [6.07, 6.45) is 0. The summed E-state index contributed by atoms with van der Waals surface area (Å²) < 4.78 is 0. The zero-order valence-electron chi connectivity index (χ0n) is 11.5. The SMILES string of the molecule is O=C(Cn1nnc(-c2ccc(Cl)cc2)n1)Nc1ccccc1. The minimum absolute atomic E-state index is 0.00448. The van der Waals surface area contributed by atoms with E-state index in [1.165, 1.54) is 4.80 Å². The largest absolute Gasteiger partial charge is 0.324 e. The van der Waals surface area contributed by atoms with Crippen LogP contribution >= 0.6 is 11.6 Å². The third kappa shape index (κ3) is 3.48. The van der Waals surface area contributed by atoms with Crippen molar-refractivity contribution in [2.75, 3.05) is 5.32 Å². The molecule has 110 valence electrons. The van der Waals surface area contributed by atoms with Crippen LogP contribution < -0.4 is 5.32 Å². The fraction of sp³-hybridized carbons (Fsp3) is 0.0667. The van der Waals surface area contributed by atoms with E-state index >= 15 is 0 Å². The quantitative estimate of drug-likeness (QED) is 0.803. The zero-order valence-corrected chi connectivity index (χ0v) is 12.2. The Labute approximate surface area is 131 Å². The molecule has 0 aliphatic rings. The molecule has 0 bridgehead atoms. The van der Waals surface area contributed by atoms with E-state index in [1.54, 1.807) is 24.3 Å². The lowest BCUT2D eigenvalue weighted by atomic mass is 10.2. The highest BCUT2D eigenvalue weighted by Crippen LogP contribution is 2.16. The number of nitrogens with one attached hydrogen (secondary N) is 1. The van der Waals surface area contributed by atoms with Gasteiger partial charge in [-0.15, -0.1) is 10.2 Å². The number of hydrogen-bond donors (Lipinski definition) is 1. The van der Waals surface area contributed by atoms with E-state index in [0.29, 0.717) is 10.8 Å². The van der Waals surface area contributed by atoms with E-state index in [9.17, 15) is 4.79 Å². The van der Waals surface area contributed by atoms with Crippen molar-refractivity contribution in [3.63, 3.8) is 0 Å². The second kappa shape index (κ2) is 6.36. The van der Waals surface area contributed by atoms with Crippen molar-refractivity contribution in [2.45, 2.75) is 6.54 Å². The molecule has 0 aliphatic carbocycles. The first-order chi connectivity index (χ1) is 10.7. The Morgan fingerprint density at radius 2 is 1.82 bits per heavy atom. The van der Waals surface area contributed by atoms with Gasteiger partial charge in [-0.2, -0.15) is 4.80 Å². The van der Waals surface area contributed by atoms with E-state index in [1.807, 2.05) is 30.3 Å². The number of rotatable bonds is 4. The first-order valence-corrected chi connectivity index (χ1v) is 6.97. The Hall–Kier alpha value is -2.73. The van der Waals surface area contributed by atoms with Crippen molar-refractivity contribution in [3.05, 3.63) is 59.6 Å². The number of aromatic nitrogens is 4. The number of nitrogens with zero attached hydrogens (tertiary/aromatic N) is 4. The summed E-state index contributed by atoms with van der Waals surface area (Å²) in [4.78, 5) is 13.2. The minimum Gasteiger partial charge on any atom is -0.324 e. The minimum atomic E-state index is -0.216. The van der Waals surface area contributed by atoms with E-state index < -0.39 is 0 Å². The molecule has 3 rings (SSSR count). The Balaban J connectivity index is 1.66. The number of tetrazole rings is 1. The summed E-state index contributed by atoms with van der Waals surface area (Å²) in [6.45, 7) is -0.00448. The third-order valence-electron chi connectivity index (χ3n) is 2.90. The van der Waals surface area contributed by atoms with Crippen molar-refractivity contribution in [2.24, 2.45) is 0 Å². The van der Waals surface area contributed by atoms with Gasteiger partial charge in [0.05, 0.1) is 0 Å². The molecule has 1 aromatic heterocycles. The van der Waals surface area contributed by atoms with Gasteiger partial charge in [-0.1, -0.05) is 29.8 Å². The number of anilines is 1. The highest BCUT2D eigenvalue weighted by molar-refractivity contribution is 6.30. The maximum atomic E-state index is 11.9. The van der Waals surface area contributed by atoms with Gasteiger partial charge < -0.3 is 5.32 Å². The topological polar surface area (TPSA) is 72.7 Å². The van der Waals surface area contributed by atoms with Gasteiger partial charge in [-0.25, -0.2) is 0 Å². The summed E-state index contributed by atoms with van der Waals surface area (Å²) in [5.41, 5.74) is 1.52. The first-order valence-electron chi connectivity index (χ1n) is 6.59.